The lowest BCUT2D eigenvalue weighted by molar-refractivity contribution is -0.125. The topological polar surface area (TPSA) is 65.0 Å². The molecular formula is C25H34N4O2S. The zero-order valence-corrected chi connectivity index (χ0v) is 19.9. The summed E-state index contributed by atoms with van der Waals surface area (Å²) in [6.07, 6.45) is 9.50. The molecule has 5 rings (SSSR count). The number of aliphatic imine (C=N–C) groups is 1. The van der Waals surface area contributed by atoms with E-state index in [0.717, 1.165) is 56.2 Å². The first-order chi connectivity index (χ1) is 15.5. The number of hydrogen-bond donors (Lipinski definition) is 1. The highest BCUT2D eigenvalue weighted by molar-refractivity contribution is 7.97. The Bertz CT molecular complexity index is 917. The summed E-state index contributed by atoms with van der Waals surface area (Å²) in [6.45, 7) is 4.80. The van der Waals surface area contributed by atoms with E-state index in [1.807, 2.05) is 16.8 Å². The number of aryl methyl sites for hydroxylation is 2. The van der Waals surface area contributed by atoms with E-state index >= 15 is 0 Å². The van der Waals surface area contributed by atoms with Crippen molar-refractivity contribution in [2.24, 2.45) is 10.9 Å². The second kappa shape index (κ2) is 9.18. The molecule has 6 nitrogen and oxygen atoms in total. The fourth-order valence-corrected chi connectivity index (χ4v) is 6.45. The van der Waals surface area contributed by atoms with Crippen LogP contribution >= 0.6 is 11.9 Å². The Morgan fingerprint density at radius 2 is 1.91 bits per heavy atom. The Labute approximate surface area is 195 Å². The molecule has 1 aromatic carbocycles. The number of amides is 2. The molecule has 2 amide bonds. The number of carbonyl (C=O) groups is 2. The van der Waals surface area contributed by atoms with E-state index in [2.05, 4.69) is 34.7 Å². The molecule has 1 aliphatic carbocycles. The molecule has 0 unspecified atom stereocenters. The van der Waals surface area contributed by atoms with Gasteiger partial charge in [0.2, 0.25) is 5.91 Å². The summed E-state index contributed by atoms with van der Waals surface area (Å²) in [6, 6.07) is 6.39. The lowest BCUT2D eigenvalue weighted by atomic mass is 9.88. The van der Waals surface area contributed by atoms with Gasteiger partial charge in [0.25, 0.3) is 5.91 Å². The van der Waals surface area contributed by atoms with Crippen LogP contribution in [0.1, 0.15) is 62.5 Å². The average Bonchev–Trinajstić information content (AvgIpc) is 3.12. The molecule has 1 spiro atoms. The van der Waals surface area contributed by atoms with Crippen molar-refractivity contribution in [2.45, 2.75) is 70.3 Å². The predicted octanol–water partition coefficient (Wildman–Crippen LogP) is 3.87. The number of hydrogen-bond acceptors (Lipinski definition) is 5. The van der Waals surface area contributed by atoms with Crippen LogP contribution in [0.4, 0.5) is 5.69 Å². The first-order valence-electron chi connectivity index (χ1n) is 12.2. The summed E-state index contributed by atoms with van der Waals surface area (Å²) >= 11 is 1.89. The third kappa shape index (κ3) is 4.34. The van der Waals surface area contributed by atoms with E-state index in [1.165, 1.54) is 43.2 Å². The molecule has 1 N–H and O–H groups in total. The van der Waals surface area contributed by atoms with Gasteiger partial charge in [0.15, 0.2) is 0 Å². The molecule has 0 aromatic heterocycles. The van der Waals surface area contributed by atoms with Gasteiger partial charge in [-0.15, -0.1) is 0 Å². The van der Waals surface area contributed by atoms with Crippen LogP contribution in [0.2, 0.25) is 0 Å². The van der Waals surface area contributed by atoms with Crippen molar-refractivity contribution in [2.75, 3.05) is 30.3 Å². The molecule has 2 saturated heterocycles. The van der Waals surface area contributed by atoms with Crippen molar-refractivity contribution >= 4 is 35.3 Å². The van der Waals surface area contributed by atoms with Gasteiger partial charge in [0.1, 0.15) is 11.4 Å². The van der Waals surface area contributed by atoms with Crippen molar-refractivity contribution in [3.05, 3.63) is 29.3 Å². The lowest BCUT2D eigenvalue weighted by Crippen LogP contribution is -2.47. The van der Waals surface area contributed by atoms with E-state index in [4.69, 9.17) is 4.99 Å². The zero-order valence-electron chi connectivity index (χ0n) is 19.1. The van der Waals surface area contributed by atoms with Gasteiger partial charge in [0, 0.05) is 43.4 Å². The summed E-state index contributed by atoms with van der Waals surface area (Å²) in [7, 11) is 0. The monoisotopic (exact) mass is 454 g/mol. The number of carbonyl (C=O) groups excluding carboxylic acids is 2. The van der Waals surface area contributed by atoms with Crippen molar-refractivity contribution in [3.63, 3.8) is 0 Å². The highest BCUT2D eigenvalue weighted by atomic mass is 32.2. The third-order valence-corrected chi connectivity index (χ3v) is 8.79. The van der Waals surface area contributed by atoms with Gasteiger partial charge in [-0.3, -0.25) is 18.9 Å². The number of nitrogens with zero attached hydrogens (tertiary/aromatic N) is 3. The fourth-order valence-electron chi connectivity index (χ4n) is 5.44. The van der Waals surface area contributed by atoms with Gasteiger partial charge in [0.05, 0.1) is 0 Å². The maximum absolute atomic E-state index is 12.8. The summed E-state index contributed by atoms with van der Waals surface area (Å²) in [5.41, 5.74) is 3.12. The fraction of sp³-hybridized carbons (Fsp3) is 0.640. The van der Waals surface area contributed by atoms with Crippen LogP contribution in [0, 0.1) is 12.8 Å². The van der Waals surface area contributed by atoms with Crippen molar-refractivity contribution in [1.29, 1.82) is 0 Å². The van der Waals surface area contributed by atoms with Crippen LogP contribution in [-0.2, 0) is 16.0 Å². The number of anilines is 1. The van der Waals surface area contributed by atoms with Gasteiger partial charge >= 0.3 is 0 Å². The van der Waals surface area contributed by atoms with Crippen molar-refractivity contribution in [3.8, 4) is 0 Å². The minimum atomic E-state index is -0.509. The number of β-lactam (4-membered cyclic amide) rings is 1. The molecule has 4 aliphatic rings. The van der Waals surface area contributed by atoms with E-state index < -0.39 is 5.54 Å². The lowest BCUT2D eigenvalue weighted by Gasteiger charge is -2.34. The number of amidine groups is 1. The van der Waals surface area contributed by atoms with Gasteiger partial charge in [-0.1, -0.05) is 37.3 Å². The molecule has 0 bridgehead atoms. The Kier molecular flexibility index (Phi) is 6.30. The Balaban J connectivity index is 1.10. The molecule has 3 aliphatic heterocycles. The largest absolute Gasteiger partial charge is 0.312 e. The Morgan fingerprint density at radius 1 is 1.12 bits per heavy atom. The molecule has 172 valence electrons. The third-order valence-electron chi connectivity index (χ3n) is 7.67. The molecule has 7 heteroatoms. The van der Waals surface area contributed by atoms with E-state index in [9.17, 15) is 9.59 Å². The summed E-state index contributed by atoms with van der Waals surface area (Å²) in [5.74, 6) is 2.84. The van der Waals surface area contributed by atoms with Crippen LogP contribution < -0.4 is 10.2 Å². The number of rotatable bonds is 6. The molecule has 0 atom stereocenters. The molecular weight excluding hydrogens is 420 g/mol. The van der Waals surface area contributed by atoms with Gasteiger partial charge in [-0.25, -0.2) is 0 Å². The number of piperidine rings is 1. The van der Waals surface area contributed by atoms with Gasteiger partial charge < -0.3 is 10.2 Å². The summed E-state index contributed by atoms with van der Waals surface area (Å²) in [5, 5.41) is 3.15. The quantitative estimate of drug-likeness (QED) is 0.524. The standard InChI is InChI=1S/C25H34N4O2S/c1-18-17-21(29-13-9-22(29)30)8-7-19(18)10-16-32-28-14-11-25(12-15-28)24(31)26-23(27-25)20-5-3-2-4-6-20/h7-8,17,20H,2-6,9-16H2,1H3,(H,26,27,31). The molecule has 3 heterocycles. The van der Waals surface area contributed by atoms with E-state index in [0.29, 0.717) is 12.3 Å². The number of nitrogens with one attached hydrogen (secondary N) is 1. The first-order valence-corrected chi connectivity index (χ1v) is 13.2. The molecule has 0 radical (unpaired) electrons. The summed E-state index contributed by atoms with van der Waals surface area (Å²) < 4.78 is 2.41. The molecule has 3 fully saturated rings. The molecule has 1 saturated carbocycles. The second-order valence-corrected chi connectivity index (χ2v) is 10.9. The van der Waals surface area contributed by atoms with Crippen LogP contribution in [0.3, 0.4) is 0 Å². The molecule has 1 aromatic rings. The average molecular weight is 455 g/mol. The van der Waals surface area contributed by atoms with Crippen LogP contribution in [0.5, 0.6) is 0 Å². The predicted molar refractivity (Wildman–Crippen MR) is 130 cm³/mol. The highest BCUT2D eigenvalue weighted by Crippen LogP contribution is 2.35. The Morgan fingerprint density at radius 3 is 2.56 bits per heavy atom. The number of benzene rings is 1. The zero-order chi connectivity index (χ0) is 22.1. The smallest absolute Gasteiger partial charge is 0.253 e. The van der Waals surface area contributed by atoms with Gasteiger partial charge in [-0.05, 0) is 62.3 Å². The first kappa shape index (κ1) is 22.0. The highest BCUT2D eigenvalue weighted by Gasteiger charge is 2.46. The SMILES string of the molecule is Cc1cc(N2CCC2=O)ccc1CCSN1CCC2(CC1)N=C(C1CCCCC1)NC2=O. The second-order valence-electron chi connectivity index (χ2n) is 9.74. The minimum absolute atomic E-state index is 0.138. The normalized spacial score (nSPS) is 23.9. The Hall–Kier alpha value is -1.86. The minimum Gasteiger partial charge on any atom is -0.312 e. The van der Waals surface area contributed by atoms with Crippen molar-refractivity contribution < 1.29 is 9.59 Å². The van der Waals surface area contributed by atoms with E-state index in [-0.39, 0.29) is 11.8 Å². The summed E-state index contributed by atoms with van der Waals surface area (Å²) in [4.78, 5) is 31.3. The van der Waals surface area contributed by atoms with Crippen LogP contribution in [0.25, 0.3) is 0 Å². The van der Waals surface area contributed by atoms with Crippen molar-refractivity contribution in [1.82, 2.24) is 9.62 Å². The van der Waals surface area contributed by atoms with Crippen LogP contribution in [0.15, 0.2) is 23.2 Å². The van der Waals surface area contributed by atoms with Gasteiger partial charge in [-0.2, -0.15) is 0 Å². The maximum Gasteiger partial charge on any atom is 0.253 e. The molecule has 32 heavy (non-hydrogen) atoms. The van der Waals surface area contributed by atoms with Crippen LogP contribution in [-0.4, -0.2) is 52.9 Å². The maximum atomic E-state index is 12.8. The van der Waals surface area contributed by atoms with E-state index in [1.54, 1.807) is 0 Å².